The van der Waals surface area contributed by atoms with Gasteiger partial charge in [-0.25, -0.2) is 0 Å². The Balaban J connectivity index is 4.33. The van der Waals surface area contributed by atoms with Crippen LogP contribution in [0.5, 0.6) is 0 Å². The molecule has 6 heteroatoms. The first-order chi connectivity index (χ1) is 41.0. The fraction of sp³-hybridized carbons (Fsp3) is 0.727. The summed E-state index contributed by atoms with van der Waals surface area (Å²) in [6, 6.07) is 0. The van der Waals surface area contributed by atoms with Gasteiger partial charge in [-0.1, -0.05) is 329 Å². The number of allylic oxidation sites excluding steroid dienone is 18. The Morgan fingerprint density at radius 3 is 0.795 bits per heavy atom. The molecule has 0 saturated carbocycles. The molecule has 83 heavy (non-hydrogen) atoms. The first-order valence-corrected chi connectivity index (χ1v) is 35.4. The standard InChI is InChI=1S/C77H132O6/c1-4-7-10-13-16-19-22-25-27-29-31-33-35-37-38-40-41-43-45-47-49-52-55-58-61-64-67-70-76(79)82-73-74(72-81-75(78)69-66-63-60-57-54-51-24-21-18-15-12-9-6-3)83-77(80)71-68-65-62-59-56-53-50-48-46-44-42-39-36-34-32-30-28-26-23-20-17-14-11-8-5-2/h8,11-12,15,17,20-21,24,26,28,32,34,39,42,46,48,53,56,74H,4-7,9-10,13-14,16,18-19,22-23,25,27,29-31,33,35-38,40-41,43-45,47,49-52,54-55,57-73H2,1-3H3/b11-8-,15-12-,20-17-,24-21-,28-26-,34-32-,42-39-,48-46-,56-53-. The number of carbonyl (C=O) groups is 3. The van der Waals surface area contributed by atoms with Crippen molar-refractivity contribution in [3.8, 4) is 0 Å². The molecule has 1 atom stereocenters. The third-order valence-corrected chi connectivity index (χ3v) is 15.2. The zero-order chi connectivity index (χ0) is 59.9. The highest BCUT2D eigenvalue weighted by atomic mass is 16.6. The molecule has 0 radical (unpaired) electrons. The van der Waals surface area contributed by atoms with Gasteiger partial charge in [-0.2, -0.15) is 0 Å². The topological polar surface area (TPSA) is 78.9 Å². The molecule has 0 bridgehead atoms. The van der Waals surface area contributed by atoms with Gasteiger partial charge in [0.2, 0.25) is 0 Å². The molecule has 0 aliphatic rings. The van der Waals surface area contributed by atoms with Crippen molar-refractivity contribution >= 4 is 17.9 Å². The van der Waals surface area contributed by atoms with Crippen LogP contribution in [0.4, 0.5) is 0 Å². The van der Waals surface area contributed by atoms with E-state index in [4.69, 9.17) is 14.2 Å². The number of rotatable bonds is 64. The predicted octanol–water partition coefficient (Wildman–Crippen LogP) is 24.6. The summed E-state index contributed by atoms with van der Waals surface area (Å²) in [6.07, 6.45) is 97.0. The van der Waals surface area contributed by atoms with Gasteiger partial charge >= 0.3 is 17.9 Å². The summed E-state index contributed by atoms with van der Waals surface area (Å²) in [5.74, 6) is -0.931. The third-order valence-electron chi connectivity index (χ3n) is 15.2. The van der Waals surface area contributed by atoms with Gasteiger partial charge in [0, 0.05) is 19.3 Å². The van der Waals surface area contributed by atoms with Crippen molar-refractivity contribution in [2.75, 3.05) is 13.2 Å². The van der Waals surface area contributed by atoms with Crippen LogP contribution in [0.15, 0.2) is 109 Å². The van der Waals surface area contributed by atoms with Crippen LogP contribution in [-0.4, -0.2) is 37.2 Å². The smallest absolute Gasteiger partial charge is 0.306 e. The van der Waals surface area contributed by atoms with E-state index in [0.717, 1.165) is 141 Å². The zero-order valence-electron chi connectivity index (χ0n) is 54.7. The van der Waals surface area contributed by atoms with E-state index in [9.17, 15) is 14.4 Å². The highest BCUT2D eigenvalue weighted by Crippen LogP contribution is 2.18. The summed E-state index contributed by atoms with van der Waals surface area (Å²) in [7, 11) is 0. The average Bonchev–Trinajstić information content (AvgIpc) is 3.49. The first kappa shape index (κ1) is 79.1. The fourth-order valence-corrected chi connectivity index (χ4v) is 9.99. The van der Waals surface area contributed by atoms with Gasteiger partial charge in [0.1, 0.15) is 13.2 Å². The van der Waals surface area contributed by atoms with Crippen LogP contribution < -0.4 is 0 Å². The van der Waals surface area contributed by atoms with E-state index in [0.29, 0.717) is 12.8 Å². The van der Waals surface area contributed by atoms with E-state index < -0.39 is 6.10 Å². The molecular formula is C77H132O6. The monoisotopic (exact) mass is 1150 g/mol. The number of hydrogen-bond donors (Lipinski definition) is 0. The van der Waals surface area contributed by atoms with E-state index in [1.54, 1.807) is 0 Å². The Labute approximate surface area is 514 Å². The lowest BCUT2D eigenvalue weighted by molar-refractivity contribution is -0.167. The molecule has 0 aliphatic heterocycles. The van der Waals surface area contributed by atoms with Crippen molar-refractivity contribution in [1.29, 1.82) is 0 Å². The second kappa shape index (κ2) is 70.6. The Hall–Kier alpha value is -3.93. The van der Waals surface area contributed by atoms with Crippen LogP contribution in [0.1, 0.15) is 342 Å². The fourth-order valence-electron chi connectivity index (χ4n) is 9.99. The van der Waals surface area contributed by atoms with Crippen molar-refractivity contribution in [3.05, 3.63) is 109 Å². The average molecular weight is 1150 g/mol. The Morgan fingerprint density at radius 2 is 0.494 bits per heavy atom. The molecule has 0 aromatic carbocycles. The predicted molar refractivity (Wildman–Crippen MR) is 362 cm³/mol. The molecule has 6 nitrogen and oxygen atoms in total. The molecule has 476 valence electrons. The summed E-state index contributed by atoms with van der Waals surface area (Å²) in [4.78, 5) is 38.4. The van der Waals surface area contributed by atoms with Crippen LogP contribution in [0.25, 0.3) is 0 Å². The summed E-state index contributed by atoms with van der Waals surface area (Å²) >= 11 is 0. The van der Waals surface area contributed by atoms with Crippen LogP contribution in [0.2, 0.25) is 0 Å². The molecule has 0 aromatic rings. The molecule has 0 fully saturated rings. The molecule has 0 N–H and O–H groups in total. The van der Waals surface area contributed by atoms with E-state index in [1.807, 2.05) is 0 Å². The SMILES string of the molecule is CC/C=C\C/C=C\C/C=C\C/C=C\C/C=C\C/C=C\C/C=C\CCCCCC(=O)OC(COC(=O)CCCCCCC/C=C\C/C=C\CCC)COC(=O)CCCCCCCCCCCCCCCCCCCCCCCCCCCCC. The van der Waals surface area contributed by atoms with Gasteiger partial charge < -0.3 is 14.2 Å². The van der Waals surface area contributed by atoms with Crippen LogP contribution in [-0.2, 0) is 28.6 Å². The van der Waals surface area contributed by atoms with E-state index in [-0.39, 0.29) is 37.5 Å². The number of esters is 3. The molecule has 0 saturated heterocycles. The summed E-state index contributed by atoms with van der Waals surface area (Å²) < 4.78 is 16.9. The highest BCUT2D eigenvalue weighted by molar-refractivity contribution is 5.71. The second-order valence-corrected chi connectivity index (χ2v) is 23.4. The second-order valence-electron chi connectivity index (χ2n) is 23.4. The largest absolute Gasteiger partial charge is 0.462 e. The van der Waals surface area contributed by atoms with E-state index >= 15 is 0 Å². The van der Waals surface area contributed by atoms with E-state index in [1.165, 1.54) is 161 Å². The summed E-state index contributed by atoms with van der Waals surface area (Å²) in [5, 5.41) is 0. The molecule has 0 amide bonds. The molecule has 1 unspecified atom stereocenters. The Bertz CT molecular complexity index is 1660. The maximum atomic E-state index is 12.9. The summed E-state index contributed by atoms with van der Waals surface area (Å²) in [6.45, 7) is 6.46. The van der Waals surface area contributed by atoms with Gasteiger partial charge in [0.15, 0.2) is 6.10 Å². The van der Waals surface area contributed by atoms with Gasteiger partial charge in [-0.15, -0.1) is 0 Å². The molecule has 0 heterocycles. The van der Waals surface area contributed by atoms with E-state index in [2.05, 4.69) is 130 Å². The molecular weight excluding hydrogens is 1020 g/mol. The van der Waals surface area contributed by atoms with Crippen LogP contribution >= 0.6 is 0 Å². The van der Waals surface area contributed by atoms with Crippen molar-refractivity contribution in [2.24, 2.45) is 0 Å². The quantitative estimate of drug-likeness (QED) is 0.0261. The molecule has 0 rings (SSSR count). The number of hydrogen-bond acceptors (Lipinski definition) is 6. The zero-order valence-corrected chi connectivity index (χ0v) is 54.7. The number of ether oxygens (including phenoxy) is 3. The third kappa shape index (κ3) is 68.7. The normalized spacial score (nSPS) is 12.8. The Kier molecular flexibility index (Phi) is 67.2. The lowest BCUT2D eigenvalue weighted by Crippen LogP contribution is -2.30. The summed E-state index contributed by atoms with van der Waals surface area (Å²) in [5.41, 5.74) is 0. The lowest BCUT2D eigenvalue weighted by atomic mass is 10.0. The van der Waals surface area contributed by atoms with Crippen molar-refractivity contribution in [3.63, 3.8) is 0 Å². The van der Waals surface area contributed by atoms with Gasteiger partial charge in [-0.3, -0.25) is 14.4 Å². The first-order valence-electron chi connectivity index (χ1n) is 35.4. The van der Waals surface area contributed by atoms with Crippen LogP contribution in [0, 0.1) is 0 Å². The molecule has 0 aromatic heterocycles. The molecule has 0 spiro atoms. The van der Waals surface area contributed by atoms with Gasteiger partial charge in [0.25, 0.3) is 0 Å². The maximum absolute atomic E-state index is 12.9. The van der Waals surface area contributed by atoms with Crippen molar-refractivity contribution in [2.45, 2.75) is 348 Å². The number of carbonyl (C=O) groups excluding carboxylic acids is 3. The highest BCUT2D eigenvalue weighted by Gasteiger charge is 2.19. The molecule has 0 aliphatic carbocycles. The number of unbranched alkanes of at least 4 members (excludes halogenated alkanes) is 35. The Morgan fingerprint density at radius 1 is 0.253 bits per heavy atom. The van der Waals surface area contributed by atoms with Crippen molar-refractivity contribution in [1.82, 2.24) is 0 Å². The maximum Gasteiger partial charge on any atom is 0.306 e. The minimum Gasteiger partial charge on any atom is -0.462 e. The van der Waals surface area contributed by atoms with Gasteiger partial charge in [-0.05, 0) is 103 Å². The minimum absolute atomic E-state index is 0.0948. The lowest BCUT2D eigenvalue weighted by Gasteiger charge is -2.18. The van der Waals surface area contributed by atoms with Crippen molar-refractivity contribution < 1.29 is 28.6 Å². The van der Waals surface area contributed by atoms with Gasteiger partial charge in [0.05, 0.1) is 0 Å². The minimum atomic E-state index is -0.804. The van der Waals surface area contributed by atoms with Crippen LogP contribution in [0.3, 0.4) is 0 Å².